The Morgan fingerprint density at radius 2 is 2.26 bits per heavy atom. The molecule has 1 atom stereocenters. The van der Waals surface area contributed by atoms with E-state index in [0.717, 1.165) is 0 Å². The van der Waals surface area contributed by atoms with Crippen LogP contribution >= 0.6 is 0 Å². The van der Waals surface area contributed by atoms with Crippen molar-refractivity contribution < 1.29 is 14.7 Å². The first kappa shape index (κ1) is 15.0. The lowest BCUT2D eigenvalue weighted by Gasteiger charge is -2.23. The van der Waals surface area contributed by atoms with E-state index < -0.39 is 5.97 Å². The number of nitrogens with zero attached hydrogens (tertiary/aromatic N) is 3. The van der Waals surface area contributed by atoms with E-state index in [0.29, 0.717) is 19.5 Å². The first-order chi connectivity index (χ1) is 9.02. The predicted molar refractivity (Wildman–Crippen MR) is 69.7 cm³/mol. The number of carboxylic acid groups (broad SMARTS) is 1. The summed E-state index contributed by atoms with van der Waals surface area (Å²) in [6.45, 7) is 4.44. The molecule has 1 heterocycles. The van der Waals surface area contributed by atoms with Crippen LogP contribution in [0.15, 0.2) is 18.5 Å². The summed E-state index contributed by atoms with van der Waals surface area (Å²) in [5.41, 5.74) is 0. The maximum Gasteiger partial charge on any atom is 0.323 e. The Morgan fingerprint density at radius 1 is 1.53 bits per heavy atom. The molecule has 0 bridgehead atoms. The van der Waals surface area contributed by atoms with E-state index in [-0.39, 0.29) is 18.6 Å². The van der Waals surface area contributed by atoms with Gasteiger partial charge in [-0.3, -0.25) is 9.48 Å². The maximum absolute atomic E-state index is 11.9. The highest BCUT2D eigenvalue weighted by atomic mass is 16.4. The van der Waals surface area contributed by atoms with Gasteiger partial charge in [-0.2, -0.15) is 5.10 Å². The molecule has 1 unspecified atom stereocenters. The van der Waals surface area contributed by atoms with Gasteiger partial charge < -0.3 is 15.3 Å². The Bertz CT molecular complexity index is 405. The van der Waals surface area contributed by atoms with Crippen molar-refractivity contribution in [2.75, 3.05) is 13.1 Å². The van der Waals surface area contributed by atoms with E-state index in [4.69, 9.17) is 5.11 Å². The number of aromatic nitrogens is 2. The van der Waals surface area contributed by atoms with E-state index in [9.17, 15) is 9.59 Å². The van der Waals surface area contributed by atoms with Crippen molar-refractivity contribution >= 4 is 12.0 Å². The molecular weight excluding hydrogens is 248 g/mol. The van der Waals surface area contributed by atoms with Gasteiger partial charge in [0.15, 0.2) is 0 Å². The molecule has 7 heteroatoms. The van der Waals surface area contributed by atoms with Crippen molar-refractivity contribution in [1.29, 1.82) is 0 Å². The third-order valence-electron chi connectivity index (χ3n) is 2.50. The molecule has 1 rings (SSSR count). The van der Waals surface area contributed by atoms with Crippen molar-refractivity contribution in [1.82, 2.24) is 20.0 Å². The molecule has 0 aromatic carbocycles. The summed E-state index contributed by atoms with van der Waals surface area (Å²) >= 11 is 0. The zero-order chi connectivity index (χ0) is 14.3. The molecule has 0 fully saturated rings. The van der Waals surface area contributed by atoms with Crippen LogP contribution in [-0.4, -0.2) is 50.9 Å². The van der Waals surface area contributed by atoms with Crippen LogP contribution in [0.2, 0.25) is 0 Å². The van der Waals surface area contributed by atoms with E-state index in [1.165, 1.54) is 4.90 Å². The first-order valence-electron chi connectivity index (χ1n) is 6.27. The smallest absolute Gasteiger partial charge is 0.323 e. The Kier molecular flexibility index (Phi) is 5.84. The van der Waals surface area contributed by atoms with Crippen molar-refractivity contribution in [3.05, 3.63) is 18.5 Å². The monoisotopic (exact) mass is 268 g/mol. The minimum absolute atomic E-state index is 0.124. The van der Waals surface area contributed by atoms with Crippen LogP contribution in [0.5, 0.6) is 0 Å². The Balaban J connectivity index is 2.48. The van der Waals surface area contributed by atoms with Crippen LogP contribution < -0.4 is 5.32 Å². The van der Waals surface area contributed by atoms with Gasteiger partial charge in [-0.25, -0.2) is 4.79 Å². The maximum atomic E-state index is 11.9. The summed E-state index contributed by atoms with van der Waals surface area (Å²) in [4.78, 5) is 23.9. The largest absolute Gasteiger partial charge is 0.480 e. The van der Waals surface area contributed by atoms with Gasteiger partial charge in [0.25, 0.3) is 0 Å². The normalized spacial score (nSPS) is 11.9. The van der Waals surface area contributed by atoms with Crippen LogP contribution in [0.4, 0.5) is 4.79 Å². The van der Waals surface area contributed by atoms with E-state index >= 15 is 0 Å². The van der Waals surface area contributed by atoms with Gasteiger partial charge in [-0.1, -0.05) is 6.92 Å². The highest BCUT2D eigenvalue weighted by Crippen LogP contribution is 1.96. The quantitative estimate of drug-likeness (QED) is 0.765. The van der Waals surface area contributed by atoms with Crippen molar-refractivity contribution in [3.8, 4) is 0 Å². The van der Waals surface area contributed by atoms with Crippen LogP contribution in [0.3, 0.4) is 0 Å². The van der Waals surface area contributed by atoms with E-state index in [2.05, 4.69) is 10.4 Å². The van der Waals surface area contributed by atoms with Crippen LogP contribution in [0, 0.1) is 0 Å². The first-order valence-corrected chi connectivity index (χ1v) is 6.27. The zero-order valence-electron chi connectivity index (χ0n) is 11.2. The van der Waals surface area contributed by atoms with Crippen molar-refractivity contribution in [3.63, 3.8) is 0 Å². The number of urea groups is 1. The van der Waals surface area contributed by atoms with Crippen LogP contribution in [0.25, 0.3) is 0 Å². The average molecular weight is 268 g/mol. The van der Waals surface area contributed by atoms with Crippen molar-refractivity contribution in [2.24, 2.45) is 0 Å². The molecule has 0 aliphatic rings. The number of amides is 2. The molecule has 2 N–H and O–H groups in total. The summed E-state index contributed by atoms with van der Waals surface area (Å²) in [5.74, 6) is -1.01. The molecule has 7 nitrogen and oxygen atoms in total. The lowest BCUT2D eigenvalue weighted by molar-refractivity contribution is -0.137. The molecule has 1 aromatic heterocycles. The van der Waals surface area contributed by atoms with E-state index in [1.807, 2.05) is 26.1 Å². The lowest BCUT2D eigenvalue weighted by atomic mass is 10.3. The number of rotatable bonds is 7. The summed E-state index contributed by atoms with van der Waals surface area (Å²) in [6.07, 6.45) is 4.19. The standard InChI is InChI=1S/C12H20N4O3/c1-3-6-15(9-11(17)18)12(19)14-10(2)8-16-7-4-5-13-16/h4-5,7,10H,3,6,8-9H2,1-2H3,(H,14,19)(H,17,18). The summed E-state index contributed by atoms with van der Waals surface area (Å²) in [6, 6.07) is 1.33. The molecule has 0 radical (unpaired) electrons. The molecule has 1 aromatic rings. The minimum Gasteiger partial charge on any atom is -0.480 e. The molecule has 19 heavy (non-hydrogen) atoms. The van der Waals surface area contributed by atoms with E-state index in [1.54, 1.807) is 10.9 Å². The number of carbonyl (C=O) groups is 2. The molecular formula is C12H20N4O3. The Hall–Kier alpha value is -2.05. The zero-order valence-corrected chi connectivity index (χ0v) is 11.2. The number of hydrogen-bond donors (Lipinski definition) is 2. The minimum atomic E-state index is -1.01. The van der Waals surface area contributed by atoms with Gasteiger partial charge in [0.05, 0.1) is 6.54 Å². The van der Waals surface area contributed by atoms with Gasteiger partial charge >= 0.3 is 12.0 Å². The SMILES string of the molecule is CCCN(CC(=O)O)C(=O)NC(C)Cn1cccn1. The van der Waals surface area contributed by atoms with Crippen molar-refractivity contribution in [2.45, 2.75) is 32.9 Å². The average Bonchev–Trinajstić information content (AvgIpc) is 2.80. The van der Waals surface area contributed by atoms with Crippen LogP contribution in [-0.2, 0) is 11.3 Å². The Labute approximate surface area is 112 Å². The summed E-state index contributed by atoms with van der Waals surface area (Å²) in [5, 5.41) is 15.6. The number of nitrogens with one attached hydrogen (secondary N) is 1. The topological polar surface area (TPSA) is 87.5 Å². The molecule has 106 valence electrons. The molecule has 0 spiro atoms. The fourth-order valence-electron chi connectivity index (χ4n) is 1.72. The second-order valence-corrected chi connectivity index (χ2v) is 4.39. The van der Waals surface area contributed by atoms with Gasteiger partial charge in [0.1, 0.15) is 6.54 Å². The Morgan fingerprint density at radius 3 is 2.79 bits per heavy atom. The third-order valence-corrected chi connectivity index (χ3v) is 2.50. The fourth-order valence-corrected chi connectivity index (χ4v) is 1.72. The third kappa shape index (κ3) is 5.41. The fraction of sp³-hybridized carbons (Fsp3) is 0.583. The second-order valence-electron chi connectivity index (χ2n) is 4.39. The molecule has 0 aliphatic heterocycles. The number of aliphatic carboxylic acids is 1. The highest BCUT2D eigenvalue weighted by molar-refractivity contribution is 5.80. The summed E-state index contributed by atoms with van der Waals surface area (Å²) < 4.78 is 1.71. The van der Waals surface area contributed by atoms with Crippen LogP contribution in [0.1, 0.15) is 20.3 Å². The molecule has 0 saturated heterocycles. The lowest BCUT2D eigenvalue weighted by Crippen LogP contribution is -2.47. The van der Waals surface area contributed by atoms with Gasteiger partial charge in [0, 0.05) is 25.0 Å². The van der Waals surface area contributed by atoms with Gasteiger partial charge in [0.2, 0.25) is 0 Å². The molecule has 0 aliphatic carbocycles. The van der Waals surface area contributed by atoms with Gasteiger partial charge in [-0.15, -0.1) is 0 Å². The number of hydrogen-bond acceptors (Lipinski definition) is 3. The molecule has 2 amide bonds. The number of carboxylic acids is 1. The predicted octanol–water partition coefficient (Wildman–Crippen LogP) is 0.778. The van der Waals surface area contributed by atoms with Gasteiger partial charge in [-0.05, 0) is 19.4 Å². The number of carbonyl (C=O) groups excluding carboxylic acids is 1. The summed E-state index contributed by atoms with van der Waals surface area (Å²) in [7, 11) is 0. The molecule has 0 saturated carbocycles. The highest BCUT2D eigenvalue weighted by Gasteiger charge is 2.17. The second kappa shape index (κ2) is 7.40.